The second-order valence-corrected chi connectivity index (χ2v) is 5.29. The molecule has 2 aromatic rings. The fourth-order valence-electron chi connectivity index (χ4n) is 1.94. The first-order chi connectivity index (χ1) is 10.5. The minimum Gasteiger partial charge on any atom is -0.481 e. The van der Waals surface area contributed by atoms with E-state index < -0.39 is 17.9 Å². The van der Waals surface area contributed by atoms with E-state index in [1.165, 1.54) is 6.07 Å². The Morgan fingerprint density at radius 2 is 1.86 bits per heavy atom. The molecule has 22 heavy (non-hydrogen) atoms. The smallest absolute Gasteiger partial charge is 0.305 e. The number of rotatable bonds is 5. The highest BCUT2D eigenvalue weighted by Gasteiger charge is 2.21. The molecule has 1 aromatic heterocycles. The van der Waals surface area contributed by atoms with Gasteiger partial charge in [0.25, 0.3) is 5.91 Å². The molecule has 1 amide bonds. The van der Waals surface area contributed by atoms with Crippen molar-refractivity contribution in [2.45, 2.75) is 12.5 Å². The number of pyridine rings is 1. The summed E-state index contributed by atoms with van der Waals surface area (Å²) in [5.74, 6) is -1.57. The van der Waals surface area contributed by atoms with Crippen LogP contribution >= 0.6 is 23.2 Å². The Balaban J connectivity index is 2.25. The summed E-state index contributed by atoms with van der Waals surface area (Å²) in [6.07, 6.45) is -0.296. The molecule has 0 saturated carbocycles. The summed E-state index contributed by atoms with van der Waals surface area (Å²) in [4.78, 5) is 27.1. The van der Waals surface area contributed by atoms with E-state index in [-0.39, 0.29) is 17.3 Å². The topological polar surface area (TPSA) is 79.3 Å². The Morgan fingerprint density at radius 1 is 1.14 bits per heavy atom. The standard InChI is InChI=1S/C15H12Cl2N2O3/c16-10-5-2-1-4-9(10)12(8-14(20)21)19-15(22)11-6-3-7-13(17)18-11/h1-7,12H,8H2,(H,19,22)(H,20,21)/t12-/m1/s1. The van der Waals surface area contributed by atoms with Gasteiger partial charge < -0.3 is 10.4 Å². The minimum atomic E-state index is -1.05. The summed E-state index contributed by atoms with van der Waals surface area (Å²) in [5, 5.41) is 12.2. The van der Waals surface area contributed by atoms with Crippen LogP contribution in [0.2, 0.25) is 10.2 Å². The van der Waals surface area contributed by atoms with Crippen LogP contribution in [0.1, 0.15) is 28.5 Å². The normalized spacial score (nSPS) is 11.7. The number of nitrogens with zero attached hydrogens (tertiary/aromatic N) is 1. The van der Waals surface area contributed by atoms with Crippen molar-refractivity contribution in [1.82, 2.24) is 10.3 Å². The SMILES string of the molecule is O=C(O)C[C@@H](NC(=O)c1cccc(Cl)n1)c1ccccc1Cl. The van der Waals surface area contributed by atoms with Crippen LogP contribution in [0, 0.1) is 0 Å². The van der Waals surface area contributed by atoms with Gasteiger partial charge in [0, 0.05) is 5.02 Å². The molecule has 1 heterocycles. The van der Waals surface area contributed by atoms with Gasteiger partial charge in [-0.25, -0.2) is 4.98 Å². The molecule has 0 fully saturated rings. The second kappa shape index (κ2) is 7.24. The van der Waals surface area contributed by atoms with Crippen molar-refractivity contribution in [3.8, 4) is 0 Å². The summed E-state index contributed by atoms with van der Waals surface area (Å²) in [6, 6.07) is 10.6. The molecule has 0 bridgehead atoms. The molecule has 0 aliphatic heterocycles. The summed E-state index contributed by atoms with van der Waals surface area (Å²) in [7, 11) is 0. The van der Waals surface area contributed by atoms with Crippen molar-refractivity contribution in [2.24, 2.45) is 0 Å². The lowest BCUT2D eigenvalue weighted by Crippen LogP contribution is -2.31. The summed E-state index contributed by atoms with van der Waals surface area (Å²) < 4.78 is 0. The maximum atomic E-state index is 12.2. The molecule has 2 rings (SSSR count). The average Bonchev–Trinajstić information content (AvgIpc) is 2.46. The number of carboxylic acids is 1. The number of benzene rings is 1. The zero-order valence-electron chi connectivity index (χ0n) is 11.3. The molecule has 2 N–H and O–H groups in total. The number of aliphatic carboxylic acids is 1. The van der Waals surface area contributed by atoms with Crippen molar-refractivity contribution in [2.75, 3.05) is 0 Å². The number of aromatic nitrogens is 1. The van der Waals surface area contributed by atoms with Crippen LogP contribution in [-0.4, -0.2) is 22.0 Å². The molecule has 1 atom stereocenters. The molecule has 0 aliphatic rings. The predicted molar refractivity (Wildman–Crippen MR) is 83.2 cm³/mol. The Kier molecular flexibility index (Phi) is 5.35. The fourth-order valence-corrected chi connectivity index (χ4v) is 2.37. The highest BCUT2D eigenvalue weighted by atomic mass is 35.5. The summed E-state index contributed by atoms with van der Waals surface area (Å²) >= 11 is 11.8. The van der Waals surface area contributed by atoms with Gasteiger partial charge in [0.2, 0.25) is 0 Å². The molecular formula is C15H12Cl2N2O3. The van der Waals surface area contributed by atoms with Gasteiger partial charge in [-0.15, -0.1) is 0 Å². The van der Waals surface area contributed by atoms with Crippen LogP contribution in [0.25, 0.3) is 0 Å². The van der Waals surface area contributed by atoms with Gasteiger partial charge in [-0.05, 0) is 23.8 Å². The van der Waals surface area contributed by atoms with Gasteiger partial charge in [0.05, 0.1) is 12.5 Å². The van der Waals surface area contributed by atoms with Crippen LogP contribution in [0.5, 0.6) is 0 Å². The van der Waals surface area contributed by atoms with Gasteiger partial charge in [0.15, 0.2) is 0 Å². The maximum Gasteiger partial charge on any atom is 0.305 e. The van der Waals surface area contributed by atoms with Crippen molar-refractivity contribution in [3.05, 3.63) is 63.9 Å². The minimum absolute atomic E-state index is 0.106. The van der Waals surface area contributed by atoms with Crippen LogP contribution < -0.4 is 5.32 Å². The van der Waals surface area contributed by atoms with Crippen molar-refractivity contribution >= 4 is 35.1 Å². The lowest BCUT2D eigenvalue weighted by atomic mass is 10.0. The predicted octanol–water partition coefficient (Wildman–Crippen LogP) is 3.33. The quantitative estimate of drug-likeness (QED) is 0.819. The number of carbonyl (C=O) groups excluding carboxylic acids is 1. The number of hydrogen-bond donors (Lipinski definition) is 2. The monoisotopic (exact) mass is 338 g/mol. The Hall–Kier alpha value is -2.11. The average molecular weight is 339 g/mol. The number of hydrogen-bond acceptors (Lipinski definition) is 3. The van der Waals surface area contributed by atoms with E-state index in [0.29, 0.717) is 10.6 Å². The molecule has 114 valence electrons. The van der Waals surface area contributed by atoms with E-state index >= 15 is 0 Å². The first-order valence-electron chi connectivity index (χ1n) is 6.37. The van der Waals surface area contributed by atoms with Gasteiger partial charge >= 0.3 is 5.97 Å². The Morgan fingerprint density at radius 3 is 2.50 bits per heavy atom. The van der Waals surface area contributed by atoms with Crippen LogP contribution in [-0.2, 0) is 4.79 Å². The third-order valence-corrected chi connectivity index (χ3v) is 3.47. The van der Waals surface area contributed by atoms with E-state index in [2.05, 4.69) is 10.3 Å². The van der Waals surface area contributed by atoms with Gasteiger partial charge in [-0.3, -0.25) is 9.59 Å². The summed E-state index contributed by atoms with van der Waals surface area (Å²) in [5.41, 5.74) is 0.636. The number of nitrogens with one attached hydrogen (secondary N) is 1. The molecule has 5 nitrogen and oxygen atoms in total. The van der Waals surface area contributed by atoms with Gasteiger partial charge in [-0.2, -0.15) is 0 Å². The molecule has 0 unspecified atom stereocenters. The molecule has 0 saturated heterocycles. The number of amides is 1. The number of carbonyl (C=O) groups is 2. The van der Waals surface area contributed by atoms with E-state index in [1.807, 2.05) is 0 Å². The van der Waals surface area contributed by atoms with Crippen LogP contribution in [0.15, 0.2) is 42.5 Å². The summed E-state index contributed by atoms with van der Waals surface area (Å²) in [6.45, 7) is 0. The first kappa shape index (κ1) is 16.3. The Bertz CT molecular complexity index is 707. The molecule has 0 spiro atoms. The van der Waals surface area contributed by atoms with E-state index in [0.717, 1.165) is 0 Å². The molecule has 0 radical (unpaired) electrons. The van der Waals surface area contributed by atoms with Gasteiger partial charge in [-0.1, -0.05) is 47.5 Å². The van der Waals surface area contributed by atoms with Crippen LogP contribution in [0.3, 0.4) is 0 Å². The second-order valence-electron chi connectivity index (χ2n) is 4.49. The lowest BCUT2D eigenvalue weighted by Gasteiger charge is -2.18. The fraction of sp³-hybridized carbons (Fsp3) is 0.133. The lowest BCUT2D eigenvalue weighted by molar-refractivity contribution is -0.137. The molecular weight excluding hydrogens is 327 g/mol. The zero-order chi connectivity index (χ0) is 16.1. The first-order valence-corrected chi connectivity index (χ1v) is 7.12. The molecule has 7 heteroatoms. The largest absolute Gasteiger partial charge is 0.481 e. The third-order valence-electron chi connectivity index (χ3n) is 2.91. The molecule has 0 aliphatic carbocycles. The number of halogens is 2. The van der Waals surface area contributed by atoms with E-state index in [9.17, 15) is 9.59 Å². The van der Waals surface area contributed by atoms with Crippen LogP contribution in [0.4, 0.5) is 0 Å². The van der Waals surface area contributed by atoms with Gasteiger partial charge in [0.1, 0.15) is 10.8 Å². The molecule has 1 aromatic carbocycles. The highest BCUT2D eigenvalue weighted by molar-refractivity contribution is 6.31. The van der Waals surface area contributed by atoms with Crippen molar-refractivity contribution in [1.29, 1.82) is 0 Å². The Labute approximate surface area is 136 Å². The maximum absolute atomic E-state index is 12.2. The van der Waals surface area contributed by atoms with Crippen molar-refractivity contribution < 1.29 is 14.7 Å². The van der Waals surface area contributed by atoms with E-state index in [4.69, 9.17) is 28.3 Å². The zero-order valence-corrected chi connectivity index (χ0v) is 12.8. The third kappa shape index (κ3) is 4.19. The van der Waals surface area contributed by atoms with Crippen molar-refractivity contribution in [3.63, 3.8) is 0 Å². The highest BCUT2D eigenvalue weighted by Crippen LogP contribution is 2.25. The van der Waals surface area contributed by atoms with E-state index in [1.54, 1.807) is 36.4 Å². The number of carboxylic acid groups (broad SMARTS) is 1.